The Kier molecular flexibility index (Phi) is 3.16. The molecule has 102 valence electrons. The Morgan fingerprint density at radius 2 is 2.37 bits per heavy atom. The van der Waals surface area contributed by atoms with Gasteiger partial charge in [0.1, 0.15) is 18.7 Å². The molecule has 2 unspecified atom stereocenters. The van der Waals surface area contributed by atoms with Gasteiger partial charge in [0.25, 0.3) is 0 Å². The molecule has 0 bridgehead atoms. The maximum atomic E-state index is 4.57. The predicted octanol–water partition coefficient (Wildman–Crippen LogP) is -0.196. The van der Waals surface area contributed by atoms with E-state index in [1.807, 2.05) is 6.92 Å². The summed E-state index contributed by atoms with van der Waals surface area (Å²) in [5, 5.41) is 14.8. The van der Waals surface area contributed by atoms with Crippen molar-refractivity contribution in [1.29, 1.82) is 0 Å². The normalized spacial score (nSPS) is 21.6. The summed E-state index contributed by atoms with van der Waals surface area (Å²) in [4.78, 5) is 10.7. The Morgan fingerprint density at radius 3 is 3.11 bits per heavy atom. The van der Waals surface area contributed by atoms with Crippen LogP contribution in [0.5, 0.6) is 0 Å². The molecule has 1 aliphatic rings. The van der Waals surface area contributed by atoms with Crippen molar-refractivity contribution in [3.8, 4) is 0 Å². The van der Waals surface area contributed by atoms with E-state index in [0.717, 1.165) is 31.4 Å². The van der Waals surface area contributed by atoms with Crippen molar-refractivity contribution in [2.45, 2.75) is 25.9 Å². The lowest BCUT2D eigenvalue weighted by Crippen LogP contribution is -2.49. The zero-order valence-electron chi connectivity index (χ0n) is 11.1. The van der Waals surface area contributed by atoms with E-state index in [1.165, 1.54) is 6.33 Å². The number of piperazine rings is 1. The topological polar surface area (TPSA) is 87.6 Å². The van der Waals surface area contributed by atoms with Gasteiger partial charge in [0.15, 0.2) is 5.82 Å². The van der Waals surface area contributed by atoms with E-state index in [-0.39, 0.29) is 6.04 Å². The van der Waals surface area contributed by atoms with Gasteiger partial charge in [0.05, 0.1) is 0 Å². The molecular formula is C11H18N8. The van der Waals surface area contributed by atoms with Crippen LogP contribution in [0.2, 0.25) is 0 Å². The fraction of sp³-hybridized carbons (Fsp3) is 0.636. The highest BCUT2D eigenvalue weighted by Crippen LogP contribution is 2.16. The molecule has 2 N–H and O–H groups in total. The van der Waals surface area contributed by atoms with Crippen molar-refractivity contribution in [1.82, 2.24) is 35.3 Å². The van der Waals surface area contributed by atoms with Gasteiger partial charge in [-0.2, -0.15) is 10.1 Å². The van der Waals surface area contributed by atoms with Crippen molar-refractivity contribution in [3.05, 3.63) is 18.5 Å². The summed E-state index contributed by atoms with van der Waals surface area (Å²) in [6.45, 7) is 7.00. The summed E-state index contributed by atoms with van der Waals surface area (Å²) in [6, 6.07) is 0.465. The van der Waals surface area contributed by atoms with Gasteiger partial charge in [0.2, 0.25) is 5.95 Å². The second-order valence-corrected chi connectivity index (χ2v) is 4.87. The molecule has 2 atom stereocenters. The Hall–Kier alpha value is -1.96. The molecular weight excluding hydrogens is 244 g/mol. The summed E-state index contributed by atoms with van der Waals surface area (Å²) in [5.74, 6) is 1.56. The minimum absolute atomic E-state index is 0.00379. The lowest BCUT2D eigenvalue weighted by atomic mass is 10.2. The monoisotopic (exact) mass is 262 g/mol. The van der Waals surface area contributed by atoms with E-state index in [2.05, 4.69) is 42.4 Å². The fourth-order valence-corrected chi connectivity index (χ4v) is 2.25. The minimum Gasteiger partial charge on any atom is -0.337 e. The average Bonchev–Trinajstić information content (AvgIpc) is 3.10. The third-order valence-electron chi connectivity index (χ3n) is 3.37. The van der Waals surface area contributed by atoms with Gasteiger partial charge >= 0.3 is 0 Å². The second kappa shape index (κ2) is 4.96. The summed E-state index contributed by atoms with van der Waals surface area (Å²) < 4.78 is 1.75. The van der Waals surface area contributed by atoms with Crippen molar-refractivity contribution in [2.24, 2.45) is 0 Å². The first kappa shape index (κ1) is 12.1. The van der Waals surface area contributed by atoms with Crippen LogP contribution in [0.3, 0.4) is 0 Å². The number of nitrogens with zero attached hydrogens (tertiary/aromatic N) is 6. The van der Waals surface area contributed by atoms with E-state index in [4.69, 9.17) is 0 Å². The third-order valence-corrected chi connectivity index (χ3v) is 3.37. The van der Waals surface area contributed by atoms with Crippen LogP contribution in [-0.2, 0) is 0 Å². The van der Waals surface area contributed by atoms with Crippen LogP contribution >= 0.6 is 0 Å². The molecule has 0 aliphatic carbocycles. The van der Waals surface area contributed by atoms with Crippen LogP contribution in [0.1, 0.15) is 25.7 Å². The van der Waals surface area contributed by atoms with E-state index < -0.39 is 0 Å². The third kappa shape index (κ3) is 2.43. The van der Waals surface area contributed by atoms with Gasteiger partial charge in [0, 0.05) is 25.7 Å². The molecule has 3 heterocycles. The molecule has 1 saturated heterocycles. The number of rotatable bonds is 3. The second-order valence-electron chi connectivity index (χ2n) is 4.87. The van der Waals surface area contributed by atoms with Crippen molar-refractivity contribution < 1.29 is 0 Å². The van der Waals surface area contributed by atoms with Gasteiger partial charge in [-0.05, 0) is 13.8 Å². The number of H-pyrrole nitrogens is 1. The number of hydrogen-bond donors (Lipinski definition) is 2. The molecule has 0 saturated carbocycles. The molecule has 0 aromatic carbocycles. The van der Waals surface area contributed by atoms with Crippen molar-refractivity contribution in [3.63, 3.8) is 0 Å². The van der Waals surface area contributed by atoms with Gasteiger partial charge in [-0.15, -0.1) is 5.10 Å². The SMILES string of the molecule is CC1CN(c2n[nH]c(C(C)n3cncn3)n2)CCN1. The quantitative estimate of drug-likeness (QED) is 0.797. The maximum Gasteiger partial charge on any atom is 0.244 e. The van der Waals surface area contributed by atoms with Crippen LogP contribution in [-0.4, -0.2) is 55.6 Å². The van der Waals surface area contributed by atoms with Crippen LogP contribution in [0, 0.1) is 0 Å². The van der Waals surface area contributed by atoms with Crippen LogP contribution in [0.4, 0.5) is 5.95 Å². The lowest BCUT2D eigenvalue weighted by Gasteiger charge is -2.30. The summed E-state index contributed by atoms with van der Waals surface area (Å²) in [5.41, 5.74) is 0. The molecule has 1 fully saturated rings. The van der Waals surface area contributed by atoms with Crippen LogP contribution in [0.25, 0.3) is 0 Å². The Labute approximate surface area is 111 Å². The average molecular weight is 262 g/mol. The van der Waals surface area contributed by atoms with Crippen LogP contribution in [0.15, 0.2) is 12.7 Å². The smallest absolute Gasteiger partial charge is 0.244 e. The fourth-order valence-electron chi connectivity index (χ4n) is 2.25. The highest BCUT2D eigenvalue weighted by atomic mass is 15.4. The first-order chi connectivity index (χ1) is 9.24. The predicted molar refractivity (Wildman–Crippen MR) is 69.9 cm³/mol. The molecule has 8 heteroatoms. The molecule has 2 aromatic heterocycles. The first-order valence-electron chi connectivity index (χ1n) is 6.49. The molecule has 0 radical (unpaired) electrons. The Bertz CT molecular complexity index is 519. The zero-order valence-corrected chi connectivity index (χ0v) is 11.1. The number of hydrogen-bond acceptors (Lipinski definition) is 6. The summed E-state index contributed by atoms with van der Waals surface area (Å²) >= 11 is 0. The molecule has 8 nitrogen and oxygen atoms in total. The molecule has 1 aliphatic heterocycles. The molecule has 0 amide bonds. The van der Waals surface area contributed by atoms with E-state index in [0.29, 0.717) is 6.04 Å². The molecule has 19 heavy (non-hydrogen) atoms. The van der Waals surface area contributed by atoms with Crippen molar-refractivity contribution in [2.75, 3.05) is 24.5 Å². The summed E-state index contributed by atoms with van der Waals surface area (Å²) in [7, 11) is 0. The highest BCUT2D eigenvalue weighted by Gasteiger charge is 2.21. The van der Waals surface area contributed by atoms with E-state index in [1.54, 1.807) is 11.0 Å². The van der Waals surface area contributed by atoms with Gasteiger partial charge in [-0.3, -0.25) is 5.10 Å². The maximum absolute atomic E-state index is 4.57. The number of nitrogens with one attached hydrogen (secondary N) is 2. The number of aromatic nitrogens is 6. The minimum atomic E-state index is 0.00379. The van der Waals surface area contributed by atoms with Gasteiger partial charge < -0.3 is 10.2 Å². The Morgan fingerprint density at radius 1 is 1.47 bits per heavy atom. The highest BCUT2D eigenvalue weighted by molar-refractivity contribution is 5.30. The van der Waals surface area contributed by atoms with Crippen molar-refractivity contribution >= 4 is 5.95 Å². The number of anilines is 1. The van der Waals surface area contributed by atoms with Gasteiger partial charge in [-0.1, -0.05) is 0 Å². The molecule has 0 spiro atoms. The standard InChI is InChI=1S/C11H18N8/c1-8-5-18(4-3-13-8)11-15-10(16-17-11)9(2)19-7-12-6-14-19/h6-9,13H,3-5H2,1-2H3,(H,15,16,17). The first-order valence-corrected chi connectivity index (χ1v) is 6.49. The lowest BCUT2D eigenvalue weighted by molar-refractivity contribution is 0.479. The molecule has 3 rings (SSSR count). The number of aromatic amines is 1. The summed E-state index contributed by atoms with van der Waals surface area (Å²) in [6.07, 6.45) is 3.20. The zero-order chi connectivity index (χ0) is 13.2. The Balaban J connectivity index is 1.76. The van der Waals surface area contributed by atoms with Crippen LogP contribution < -0.4 is 10.2 Å². The van der Waals surface area contributed by atoms with E-state index >= 15 is 0 Å². The van der Waals surface area contributed by atoms with E-state index in [9.17, 15) is 0 Å². The van der Waals surface area contributed by atoms with Gasteiger partial charge in [-0.25, -0.2) is 9.67 Å². The largest absolute Gasteiger partial charge is 0.337 e. The molecule has 2 aromatic rings.